The van der Waals surface area contributed by atoms with Crippen LogP contribution in [-0.2, 0) is 17.7 Å². The summed E-state index contributed by atoms with van der Waals surface area (Å²) in [6.45, 7) is 6.77. The number of amides is 1. The second-order valence-electron chi connectivity index (χ2n) is 8.57. The van der Waals surface area contributed by atoms with Crippen molar-refractivity contribution >= 4 is 32.9 Å². The number of likely N-dealkylation sites (tertiary alicyclic amines) is 1. The van der Waals surface area contributed by atoms with Crippen molar-refractivity contribution in [3.8, 4) is 0 Å². The average Bonchev–Trinajstić information content (AvgIpc) is 2.92. The van der Waals surface area contributed by atoms with Crippen molar-refractivity contribution in [1.82, 2.24) is 14.5 Å². The van der Waals surface area contributed by atoms with Gasteiger partial charge in [-0.3, -0.25) is 9.36 Å². The summed E-state index contributed by atoms with van der Waals surface area (Å²) in [4.78, 5) is 32.5. The zero-order valence-electron chi connectivity index (χ0n) is 15.9. The van der Waals surface area contributed by atoms with Gasteiger partial charge in [-0.15, -0.1) is 0 Å². The van der Waals surface area contributed by atoms with Gasteiger partial charge in [-0.05, 0) is 58.2 Å². The molecule has 1 saturated heterocycles. The number of benzene rings is 1. The number of fused-ring (bicyclic) bond motifs is 2. The standard InChI is InChI=1S/C20H24BrN3O3/c1-19(2,3)27-18(26)24-9-5-4-8-20(24)11-16-22-15-10-13(21)6-7-14(15)17(25)23(16)12-20/h6-7,10H,4-5,8-9,11-12H2,1-3H3. The molecule has 0 saturated carbocycles. The number of nitrogens with zero attached hydrogens (tertiary/aromatic N) is 3. The second-order valence-corrected chi connectivity index (χ2v) is 9.49. The number of hydrogen-bond acceptors (Lipinski definition) is 4. The zero-order chi connectivity index (χ0) is 19.4. The Bertz CT molecular complexity index is 979. The molecule has 1 atom stereocenters. The van der Waals surface area contributed by atoms with Gasteiger partial charge in [-0.1, -0.05) is 15.9 Å². The molecule has 0 aliphatic carbocycles. The van der Waals surface area contributed by atoms with E-state index in [0.29, 0.717) is 30.4 Å². The van der Waals surface area contributed by atoms with Gasteiger partial charge >= 0.3 is 6.09 Å². The van der Waals surface area contributed by atoms with E-state index in [1.165, 1.54) is 0 Å². The Kier molecular flexibility index (Phi) is 4.33. The highest BCUT2D eigenvalue weighted by Crippen LogP contribution is 2.38. The van der Waals surface area contributed by atoms with Gasteiger partial charge in [0.15, 0.2) is 0 Å². The van der Waals surface area contributed by atoms with E-state index in [1.54, 1.807) is 10.6 Å². The summed E-state index contributed by atoms with van der Waals surface area (Å²) >= 11 is 3.45. The van der Waals surface area contributed by atoms with Crippen LogP contribution in [0.2, 0.25) is 0 Å². The van der Waals surface area contributed by atoms with Gasteiger partial charge in [-0.2, -0.15) is 0 Å². The van der Waals surface area contributed by atoms with Gasteiger partial charge in [-0.25, -0.2) is 9.78 Å². The van der Waals surface area contributed by atoms with Crippen LogP contribution < -0.4 is 5.56 Å². The molecule has 0 bridgehead atoms. The molecule has 1 spiro atoms. The van der Waals surface area contributed by atoms with Crippen LogP contribution in [0.5, 0.6) is 0 Å². The van der Waals surface area contributed by atoms with Crippen LogP contribution in [0.15, 0.2) is 27.5 Å². The second kappa shape index (κ2) is 6.33. The Morgan fingerprint density at radius 2 is 2.07 bits per heavy atom. The average molecular weight is 434 g/mol. The minimum atomic E-state index is -0.544. The van der Waals surface area contributed by atoms with E-state index in [0.717, 1.165) is 29.6 Å². The molecular weight excluding hydrogens is 410 g/mol. The van der Waals surface area contributed by atoms with Crippen molar-refractivity contribution in [1.29, 1.82) is 0 Å². The number of carbonyl (C=O) groups is 1. The normalized spacial score (nSPS) is 22.3. The third-order valence-corrected chi connectivity index (χ3v) is 5.89. The number of ether oxygens (including phenoxy) is 1. The van der Waals surface area contributed by atoms with Crippen molar-refractivity contribution in [3.63, 3.8) is 0 Å². The van der Waals surface area contributed by atoms with Gasteiger partial charge in [0.25, 0.3) is 5.56 Å². The summed E-state index contributed by atoms with van der Waals surface area (Å²) in [5.41, 5.74) is -0.308. The lowest BCUT2D eigenvalue weighted by atomic mass is 9.85. The lowest BCUT2D eigenvalue weighted by molar-refractivity contribution is -0.0159. The third kappa shape index (κ3) is 3.26. The van der Waals surface area contributed by atoms with Gasteiger partial charge in [0.05, 0.1) is 23.0 Å². The van der Waals surface area contributed by atoms with Crippen LogP contribution in [0.1, 0.15) is 45.9 Å². The Morgan fingerprint density at radius 1 is 1.30 bits per heavy atom. The lowest BCUT2D eigenvalue weighted by Gasteiger charge is -2.44. The van der Waals surface area contributed by atoms with Crippen LogP contribution >= 0.6 is 15.9 Å². The molecule has 1 fully saturated rings. The molecule has 7 heteroatoms. The first-order valence-corrected chi connectivity index (χ1v) is 10.2. The minimum absolute atomic E-state index is 0.0333. The number of piperidine rings is 1. The number of carbonyl (C=O) groups excluding carboxylic acids is 1. The number of rotatable bonds is 0. The van der Waals surface area contributed by atoms with E-state index < -0.39 is 11.1 Å². The van der Waals surface area contributed by atoms with E-state index in [2.05, 4.69) is 15.9 Å². The molecule has 1 unspecified atom stereocenters. The summed E-state index contributed by atoms with van der Waals surface area (Å²) in [6.07, 6.45) is 3.14. The maximum Gasteiger partial charge on any atom is 0.410 e. The van der Waals surface area contributed by atoms with Crippen LogP contribution in [0.25, 0.3) is 10.9 Å². The molecule has 1 aromatic heterocycles. The lowest BCUT2D eigenvalue weighted by Crippen LogP contribution is -2.57. The molecular formula is C20H24BrN3O3. The van der Waals surface area contributed by atoms with Crippen molar-refractivity contribution in [3.05, 3.63) is 38.9 Å². The first-order valence-electron chi connectivity index (χ1n) is 9.38. The number of halogens is 1. The molecule has 1 amide bonds. The quantitative estimate of drug-likeness (QED) is 0.632. The molecule has 27 heavy (non-hydrogen) atoms. The van der Waals surface area contributed by atoms with E-state index in [4.69, 9.17) is 9.72 Å². The Morgan fingerprint density at radius 3 is 2.81 bits per heavy atom. The monoisotopic (exact) mass is 433 g/mol. The smallest absolute Gasteiger partial charge is 0.410 e. The first kappa shape index (κ1) is 18.5. The zero-order valence-corrected chi connectivity index (χ0v) is 17.5. The van der Waals surface area contributed by atoms with Gasteiger partial charge in [0, 0.05) is 17.4 Å². The molecule has 0 radical (unpaired) electrons. The molecule has 6 nitrogen and oxygen atoms in total. The Labute approximate surface area is 166 Å². The van der Waals surface area contributed by atoms with Crippen molar-refractivity contribution in [2.75, 3.05) is 6.54 Å². The number of hydrogen-bond donors (Lipinski definition) is 0. The summed E-state index contributed by atoms with van der Waals surface area (Å²) < 4.78 is 8.30. The summed E-state index contributed by atoms with van der Waals surface area (Å²) in [5.74, 6) is 0.751. The van der Waals surface area contributed by atoms with Crippen molar-refractivity contribution in [2.45, 2.75) is 64.1 Å². The fourth-order valence-electron chi connectivity index (χ4n) is 4.23. The number of aromatic nitrogens is 2. The molecule has 144 valence electrons. The first-order chi connectivity index (χ1) is 12.7. The topological polar surface area (TPSA) is 64.4 Å². The van der Waals surface area contributed by atoms with E-state index in [9.17, 15) is 9.59 Å². The van der Waals surface area contributed by atoms with Gasteiger partial charge in [0.2, 0.25) is 0 Å². The summed E-state index contributed by atoms with van der Waals surface area (Å²) in [7, 11) is 0. The maximum atomic E-state index is 13.0. The maximum absolute atomic E-state index is 13.0. The molecule has 0 N–H and O–H groups in total. The van der Waals surface area contributed by atoms with Crippen LogP contribution in [0.3, 0.4) is 0 Å². The summed E-state index contributed by atoms with van der Waals surface area (Å²) in [6, 6.07) is 5.53. The molecule has 4 rings (SSSR count). The van der Waals surface area contributed by atoms with Crippen LogP contribution in [0.4, 0.5) is 4.79 Å². The minimum Gasteiger partial charge on any atom is -0.444 e. The highest BCUT2D eigenvalue weighted by molar-refractivity contribution is 9.10. The SMILES string of the molecule is CC(C)(C)OC(=O)N1CCCCC12Cc1nc3cc(Br)ccc3c(=O)n1C2. The van der Waals surface area contributed by atoms with Crippen molar-refractivity contribution < 1.29 is 9.53 Å². The van der Waals surface area contributed by atoms with E-state index >= 15 is 0 Å². The summed E-state index contributed by atoms with van der Waals surface area (Å²) in [5, 5.41) is 0.610. The van der Waals surface area contributed by atoms with Crippen molar-refractivity contribution in [2.24, 2.45) is 0 Å². The van der Waals surface area contributed by atoms with Gasteiger partial charge in [0.1, 0.15) is 11.4 Å². The van der Waals surface area contributed by atoms with E-state index in [1.807, 2.05) is 37.8 Å². The van der Waals surface area contributed by atoms with E-state index in [-0.39, 0.29) is 11.7 Å². The Hall–Kier alpha value is -1.89. The van der Waals surface area contributed by atoms with Gasteiger partial charge < -0.3 is 9.64 Å². The third-order valence-electron chi connectivity index (χ3n) is 5.40. The highest BCUT2D eigenvalue weighted by atomic mass is 79.9. The van der Waals surface area contributed by atoms with Crippen LogP contribution in [-0.4, -0.2) is 38.2 Å². The molecule has 2 aromatic rings. The largest absolute Gasteiger partial charge is 0.444 e. The fourth-order valence-corrected chi connectivity index (χ4v) is 4.58. The van der Waals surface area contributed by atoms with Crippen LogP contribution in [0, 0.1) is 0 Å². The predicted octanol–water partition coefficient (Wildman–Crippen LogP) is 3.87. The molecule has 3 heterocycles. The predicted molar refractivity (Wildman–Crippen MR) is 107 cm³/mol. The highest BCUT2D eigenvalue weighted by Gasteiger charge is 2.48. The fraction of sp³-hybridized carbons (Fsp3) is 0.550. The molecule has 1 aromatic carbocycles. The Balaban J connectivity index is 1.74. The molecule has 2 aliphatic heterocycles. The molecule has 2 aliphatic rings.